The van der Waals surface area contributed by atoms with Crippen molar-refractivity contribution < 1.29 is 38.3 Å². The molecule has 5 amide bonds. The third-order valence-corrected chi connectivity index (χ3v) is 9.98. The minimum absolute atomic E-state index is 0.0858. The van der Waals surface area contributed by atoms with E-state index in [1.807, 2.05) is 6.92 Å². The zero-order valence-electron chi connectivity index (χ0n) is 26.2. The van der Waals surface area contributed by atoms with Crippen molar-refractivity contribution in [2.24, 2.45) is 5.41 Å². The van der Waals surface area contributed by atoms with Gasteiger partial charge in [-0.2, -0.15) is 0 Å². The van der Waals surface area contributed by atoms with Crippen molar-refractivity contribution in [2.75, 3.05) is 26.2 Å². The van der Waals surface area contributed by atoms with Crippen LogP contribution in [-0.4, -0.2) is 122 Å². The lowest BCUT2D eigenvalue weighted by atomic mass is 9.84. The second-order valence-corrected chi connectivity index (χ2v) is 14.3. The van der Waals surface area contributed by atoms with E-state index in [2.05, 4.69) is 5.32 Å². The Labute approximate surface area is 251 Å². The van der Waals surface area contributed by atoms with Crippen LogP contribution in [0.25, 0.3) is 0 Å². The summed E-state index contributed by atoms with van der Waals surface area (Å²) in [6, 6.07) is -2.77. The van der Waals surface area contributed by atoms with Crippen molar-refractivity contribution >= 4 is 41.3 Å². The SMILES string of the molecule is CCCCN1C(=O)[C@@H]2C[C@@]3(CN2C(=O)[C@@]12C[C@@H](C(C)=O)N(C(=O)OC(C)(C)C)C2)NC(=O)C1C[C@@](C)(C(C)=O)CN1C3=O. The molecule has 0 saturated carbocycles. The van der Waals surface area contributed by atoms with Crippen LogP contribution in [0.1, 0.15) is 80.6 Å². The summed E-state index contributed by atoms with van der Waals surface area (Å²) in [5.41, 5.74) is -4.75. The van der Waals surface area contributed by atoms with Gasteiger partial charge in [-0.15, -0.1) is 0 Å². The number of fused-ring (bicyclic) bond motifs is 2. The molecule has 5 fully saturated rings. The molecule has 5 aliphatic heterocycles. The number of unbranched alkanes of at least 4 members (excludes halogenated alkanes) is 1. The average Bonchev–Trinajstić information content (AvgIpc) is 3.60. The van der Waals surface area contributed by atoms with Gasteiger partial charge in [0.15, 0.2) is 5.78 Å². The Hall–Kier alpha value is -3.51. The van der Waals surface area contributed by atoms with Crippen LogP contribution >= 0.6 is 0 Å². The molecular formula is C30H43N5O8. The second-order valence-electron chi connectivity index (χ2n) is 14.3. The Balaban J connectivity index is 1.51. The third-order valence-electron chi connectivity index (χ3n) is 9.98. The third kappa shape index (κ3) is 4.69. The molecule has 5 aliphatic rings. The average molecular weight is 602 g/mol. The zero-order chi connectivity index (χ0) is 31.9. The highest BCUT2D eigenvalue weighted by Gasteiger charge is 2.69. The first-order valence-electron chi connectivity index (χ1n) is 15.2. The number of nitrogens with one attached hydrogen (secondary N) is 1. The highest BCUT2D eigenvalue weighted by atomic mass is 16.6. The van der Waals surface area contributed by atoms with Crippen LogP contribution < -0.4 is 5.32 Å². The van der Waals surface area contributed by atoms with E-state index in [1.165, 1.54) is 33.4 Å². The summed E-state index contributed by atoms with van der Waals surface area (Å²) >= 11 is 0. The molecule has 6 atom stereocenters. The van der Waals surface area contributed by atoms with Crippen LogP contribution in [0.15, 0.2) is 0 Å². The molecule has 1 unspecified atom stereocenters. The van der Waals surface area contributed by atoms with Gasteiger partial charge >= 0.3 is 6.09 Å². The quantitative estimate of drug-likeness (QED) is 0.482. The van der Waals surface area contributed by atoms with Crippen molar-refractivity contribution in [2.45, 2.75) is 115 Å². The molecule has 0 aromatic carbocycles. The number of ketones is 2. The van der Waals surface area contributed by atoms with Crippen LogP contribution in [-0.2, 0) is 33.5 Å². The van der Waals surface area contributed by atoms with Gasteiger partial charge in [0, 0.05) is 31.3 Å². The van der Waals surface area contributed by atoms with E-state index in [0.717, 1.165) is 6.42 Å². The lowest BCUT2D eigenvalue weighted by Crippen LogP contribution is -2.72. The number of carbonyl (C=O) groups is 7. The molecule has 1 N–H and O–H groups in total. The van der Waals surface area contributed by atoms with Gasteiger partial charge in [0.25, 0.3) is 11.8 Å². The first-order chi connectivity index (χ1) is 19.9. The van der Waals surface area contributed by atoms with Crippen LogP contribution in [0.3, 0.4) is 0 Å². The van der Waals surface area contributed by atoms with Gasteiger partial charge in [-0.3, -0.25) is 33.7 Å². The fourth-order valence-corrected chi connectivity index (χ4v) is 7.55. The maximum Gasteiger partial charge on any atom is 0.411 e. The summed E-state index contributed by atoms with van der Waals surface area (Å²) in [4.78, 5) is 100. The Morgan fingerprint density at radius 2 is 1.58 bits per heavy atom. The molecule has 0 radical (unpaired) electrons. The number of carbonyl (C=O) groups excluding carboxylic acids is 7. The van der Waals surface area contributed by atoms with Gasteiger partial charge in [-0.05, 0) is 47.5 Å². The molecule has 236 valence electrons. The number of Topliss-reactive ketones (excluding diaryl/α,β-unsaturated/α-hetero) is 2. The van der Waals surface area contributed by atoms with Crippen molar-refractivity contribution in [1.29, 1.82) is 0 Å². The van der Waals surface area contributed by atoms with E-state index in [9.17, 15) is 33.6 Å². The van der Waals surface area contributed by atoms with Crippen LogP contribution in [0.4, 0.5) is 4.79 Å². The minimum Gasteiger partial charge on any atom is -0.444 e. The van der Waals surface area contributed by atoms with E-state index in [-0.39, 0.29) is 62.9 Å². The normalized spacial score (nSPS) is 35.6. The van der Waals surface area contributed by atoms with Gasteiger partial charge in [0.1, 0.15) is 34.5 Å². The molecular weight excluding hydrogens is 558 g/mol. The van der Waals surface area contributed by atoms with Crippen molar-refractivity contribution in [3.8, 4) is 0 Å². The molecule has 0 aliphatic carbocycles. The summed E-state index contributed by atoms with van der Waals surface area (Å²) in [7, 11) is 0. The number of rotatable bonds is 5. The number of hydrogen-bond acceptors (Lipinski definition) is 8. The predicted octanol–water partition coefficient (Wildman–Crippen LogP) is 0.632. The summed E-state index contributed by atoms with van der Waals surface area (Å²) < 4.78 is 5.58. The lowest BCUT2D eigenvalue weighted by Gasteiger charge is -2.48. The van der Waals surface area contributed by atoms with Gasteiger partial charge < -0.3 is 24.8 Å². The van der Waals surface area contributed by atoms with E-state index in [4.69, 9.17) is 4.74 Å². The number of piperazine rings is 2. The van der Waals surface area contributed by atoms with Gasteiger partial charge in [0.05, 0.1) is 19.1 Å². The standard InChI is InChI=1S/C30H43N5O8/c1-8-9-10-35-23(39)21-12-29(24(40)32-14-28(7,18(3)37)11-20(32)22(38)31-29)15-33(21)25(41)30(35)13-19(17(2)36)34(16-30)26(42)43-27(4,5)6/h19-21H,8-16H2,1-7H3,(H,31,38)/t19-,20?,21-,28+,29-,30-/m0/s1. The summed E-state index contributed by atoms with van der Waals surface area (Å²) in [6.45, 7) is 11.5. The summed E-state index contributed by atoms with van der Waals surface area (Å²) in [6.07, 6.45) is 0.609. The topological polar surface area (TPSA) is 154 Å². The van der Waals surface area contributed by atoms with E-state index in [1.54, 1.807) is 27.7 Å². The number of likely N-dealkylation sites (tertiary alicyclic amines) is 1. The Morgan fingerprint density at radius 3 is 2.16 bits per heavy atom. The summed E-state index contributed by atoms with van der Waals surface area (Å²) in [5.74, 6) is -2.10. The second kappa shape index (κ2) is 10.0. The van der Waals surface area contributed by atoms with Crippen LogP contribution in [0.2, 0.25) is 0 Å². The molecule has 43 heavy (non-hydrogen) atoms. The fraction of sp³-hybridized carbons (Fsp3) is 0.767. The van der Waals surface area contributed by atoms with Crippen molar-refractivity contribution in [3.05, 3.63) is 0 Å². The Kier molecular flexibility index (Phi) is 7.21. The monoisotopic (exact) mass is 601 g/mol. The molecule has 5 saturated heterocycles. The van der Waals surface area contributed by atoms with E-state index in [0.29, 0.717) is 6.42 Å². The maximum atomic E-state index is 14.6. The largest absolute Gasteiger partial charge is 0.444 e. The fourth-order valence-electron chi connectivity index (χ4n) is 7.55. The van der Waals surface area contributed by atoms with Crippen molar-refractivity contribution in [1.82, 2.24) is 24.9 Å². The number of ether oxygens (including phenoxy) is 1. The van der Waals surface area contributed by atoms with Crippen molar-refractivity contribution in [3.63, 3.8) is 0 Å². The van der Waals surface area contributed by atoms with Gasteiger partial charge in [-0.1, -0.05) is 20.3 Å². The predicted molar refractivity (Wildman–Crippen MR) is 151 cm³/mol. The molecule has 13 nitrogen and oxygen atoms in total. The number of hydrogen-bond donors (Lipinski definition) is 1. The zero-order valence-corrected chi connectivity index (χ0v) is 26.2. The minimum atomic E-state index is -1.52. The van der Waals surface area contributed by atoms with E-state index < -0.39 is 64.0 Å². The van der Waals surface area contributed by atoms with E-state index >= 15 is 0 Å². The first-order valence-corrected chi connectivity index (χ1v) is 15.2. The molecule has 5 heterocycles. The molecule has 13 heteroatoms. The molecule has 5 rings (SSSR count). The summed E-state index contributed by atoms with van der Waals surface area (Å²) in [5, 5.41) is 2.86. The van der Waals surface area contributed by atoms with Crippen LogP contribution in [0, 0.1) is 5.41 Å². The number of amides is 5. The highest BCUT2D eigenvalue weighted by Crippen LogP contribution is 2.46. The Morgan fingerprint density at radius 1 is 0.930 bits per heavy atom. The lowest BCUT2D eigenvalue weighted by molar-refractivity contribution is -0.168. The number of nitrogens with zero attached hydrogens (tertiary/aromatic N) is 4. The molecule has 0 aromatic heterocycles. The smallest absolute Gasteiger partial charge is 0.411 e. The van der Waals surface area contributed by atoms with Crippen LogP contribution in [0.5, 0.6) is 0 Å². The molecule has 0 aromatic rings. The molecule has 2 spiro atoms. The van der Waals surface area contributed by atoms with Gasteiger partial charge in [0.2, 0.25) is 11.8 Å². The molecule has 0 bridgehead atoms. The first kappa shape index (κ1) is 30.9. The van der Waals surface area contributed by atoms with Gasteiger partial charge in [-0.25, -0.2) is 4.79 Å². The highest BCUT2D eigenvalue weighted by molar-refractivity contribution is 6.07. The maximum absolute atomic E-state index is 14.6. The Bertz CT molecular complexity index is 1310.